The minimum absolute atomic E-state index is 0.661. The first-order valence-corrected chi connectivity index (χ1v) is 7.08. The van der Waals surface area contributed by atoms with Crippen molar-refractivity contribution in [3.8, 4) is 0 Å². The fourth-order valence-electron chi connectivity index (χ4n) is 1.82. The summed E-state index contributed by atoms with van der Waals surface area (Å²) in [6.07, 6.45) is 4.27. The second kappa shape index (κ2) is 9.95. The highest BCUT2D eigenvalue weighted by molar-refractivity contribution is 5.14. The number of hydrogen-bond donors (Lipinski definition) is 1. The Balaban J connectivity index is 2.21. The van der Waals surface area contributed by atoms with Crippen molar-refractivity contribution in [2.24, 2.45) is 0 Å². The largest absolute Gasteiger partial charge is 0.382 e. The third-order valence-corrected chi connectivity index (χ3v) is 2.90. The van der Waals surface area contributed by atoms with Crippen LogP contribution in [0.25, 0.3) is 0 Å². The van der Waals surface area contributed by atoms with Crippen LogP contribution in [0.5, 0.6) is 0 Å². The third-order valence-electron chi connectivity index (χ3n) is 2.90. The van der Waals surface area contributed by atoms with Gasteiger partial charge in [0.25, 0.3) is 0 Å². The average molecular weight is 269 g/mol. The lowest BCUT2D eigenvalue weighted by molar-refractivity contribution is 0.0677. The quantitative estimate of drug-likeness (QED) is 0.622. The van der Waals surface area contributed by atoms with Crippen molar-refractivity contribution in [2.75, 3.05) is 33.5 Å². The molecule has 0 bridgehead atoms. The van der Waals surface area contributed by atoms with Crippen LogP contribution in [0.1, 0.15) is 31.0 Å². The molecule has 0 amide bonds. The number of rotatable bonds is 11. The standard InChI is InChI=1S/C14H27N3O2/c1-4-6-15-11-14-12-17(16-13(14)2)7-5-8-19-10-9-18-3/h12,15H,4-11H2,1-3H3. The molecule has 0 saturated heterocycles. The number of aryl methyl sites for hydroxylation is 2. The van der Waals surface area contributed by atoms with Crippen LogP contribution in [0.2, 0.25) is 0 Å². The lowest BCUT2D eigenvalue weighted by atomic mass is 10.2. The second-order valence-electron chi connectivity index (χ2n) is 4.64. The molecule has 0 spiro atoms. The molecule has 0 saturated carbocycles. The van der Waals surface area contributed by atoms with Crippen molar-refractivity contribution in [3.05, 3.63) is 17.5 Å². The van der Waals surface area contributed by atoms with Gasteiger partial charge >= 0.3 is 0 Å². The molecule has 0 atom stereocenters. The smallest absolute Gasteiger partial charge is 0.0700 e. The predicted molar refractivity (Wildman–Crippen MR) is 76.3 cm³/mol. The first-order valence-electron chi connectivity index (χ1n) is 7.08. The Kier molecular flexibility index (Phi) is 8.45. The van der Waals surface area contributed by atoms with Gasteiger partial charge in [-0.2, -0.15) is 5.10 Å². The summed E-state index contributed by atoms with van der Waals surface area (Å²) in [5.41, 5.74) is 2.40. The van der Waals surface area contributed by atoms with Crippen LogP contribution in [0.3, 0.4) is 0 Å². The summed E-state index contributed by atoms with van der Waals surface area (Å²) >= 11 is 0. The van der Waals surface area contributed by atoms with Crippen molar-refractivity contribution < 1.29 is 9.47 Å². The zero-order chi connectivity index (χ0) is 13.9. The third kappa shape index (κ3) is 6.71. The van der Waals surface area contributed by atoms with Crippen LogP contribution >= 0.6 is 0 Å². The number of methoxy groups -OCH3 is 1. The molecule has 0 aliphatic heterocycles. The maximum Gasteiger partial charge on any atom is 0.0700 e. The Morgan fingerprint density at radius 2 is 2.16 bits per heavy atom. The van der Waals surface area contributed by atoms with Crippen LogP contribution in [0.15, 0.2) is 6.20 Å². The lowest BCUT2D eigenvalue weighted by Crippen LogP contribution is -2.13. The molecule has 1 N–H and O–H groups in total. The maximum absolute atomic E-state index is 5.43. The van der Waals surface area contributed by atoms with Gasteiger partial charge in [0.05, 0.1) is 18.9 Å². The van der Waals surface area contributed by atoms with Crippen LogP contribution in [0, 0.1) is 6.92 Å². The Morgan fingerprint density at radius 1 is 1.32 bits per heavy atom. The molecule has 0 aliphatic rings. The van der Waals surface area contributed by atoms with Crippen LogP contribution < -0.4 is 5.32 Å². The SMILES string of the molecule is CCCNCc1cn(CCCOCCOC)nc1C. The summed E-state index contributed by atoms with van der Waals surface area (Å²) in [5.74, 6) is 0. The van der Waals surface area contributed by atoms with Crippen molar-refractivity contribution in [3.63, 3.8) is 0 Å². The summed E-state index contributed by atoms with van der Waals surface area (Å²) in [4.78, 5) is 0. The van der Waals surface area contributed by atoms with Crippen LogP contribution in [0.4, 0.5) is 0 Å². The molecule has 0 radical (unpaired) electrons. The topological polar surface area (TPSA) is 48.3 Å². The lowest BCUT2D eigenvalue weighted by Gasteiger charge is -2.03. The highest BCUT2D eigenvalue weighted by Gasteiger charge is 2.04. The van der Waals surface area contributed by atoms with E-state index in [1.165, 1.54) is 5.56 Å². The summed E-state index contributed by atoms with van der Waals surface area (Å²) < 4.78 is 12.4. The summed E-state index contributed by atoms with van der Waals surface area (Å²) in [6.45, 7) is 9.19. The normalized spacial score (nSPS) is 11.1. The number of ether oxygens (including phenoxy) is 2. The highest BCUT2D eigenvalue weighted by atomic mass is 16.5. The van der Waals surface area contributed by atoms with Gasteiger partial charge in [-0.05, 0) is 26.3 Å². The molecule has 1 aromatic rings. The van der Waals surface area contributed by atoms with Gasteiger partial charge in [0.2, 0.25) is 0 Å². The van der Waals surface area contributed by atoms with E-state index in [2.05, 4.69) is 30.5 Å². The molecule has 1 heterocycles. The monoisotopic (exact) mass is 269 g/mol. The average Bonchev–Trinajstić information content (AvgIpc) is 2.75. The maximum atomic E-state index is 5.43. The Morgan fingerprint density at radius 3 is 2.89 bits per heavy atom. The van der Waals surface area contributed by atoms with Crippen molar-refractivity contribution >= 4 is 0 Å². The van der Waals surface area contributed by atoms with E-state index < -0.39 is 0 Å². The van der Waals surface area contributed by atoms with Gasteiger partial charge in [-0.25, -0.2) is 0 Å². The first kappa shape index (κ1) is 16.1. The van der Waals surface area contributed by atoms with Gasteiger partial charge in [-0.1, -0.05) is 6.92 Å². The number of aromatic nitrogens is 2. The van der Waals surface area contributed by atoms with E-state index in [-0.39, 0.29) is 0 Å². The van der Waals surface area contributed by atoms with Gasteiger partial charge in [-0.3, -0.25) is 4.68 Å². The van der Waals surface area contributed by atoms with Crippen molar-refractivity contribution in [2.45, 2.75) is 39.8 Å². The van der Waals surface area contributed by atoms with E-state index in [9.17, 15) is 0 Å². The fourth-order valence-corrected chi connectivity index (χ4v) is 1.82. The molecule has 0 aromatic carbocycles. The molecular weight excluding hydrogens is 242 g/mol. The number of hydrogen-bond acceptors (Lipinski definition) is 4. The first-order chi connectivity index (χ1) is 9.27. The van der Waals surface area contributed by atoms with E-state index in [4.69, 9.17) is 9.47 Å². The van der Waals surface area contributed by atoms with Gasteiger partial charge in [0.15, 0.2) is 0 Å². The minimum atomic E-state index is 0.661. The summed E-state index contributed by atoms with van der Waals surface area (Å²) in [5, 5.41) is 7.92. The van der Waals surface area contributed by atoms with E-state index in [0.717, 1.165) is 44.8 Å². The predicted octanol–water partition coefficient (Wildman–Crippen LogP) is 1.74. The Bertz CT molecular complexity index is 339. The van der Waals surface area contributed by atoms with E-state index in [1.807, 2.05) is 4.68 Å². The zero-order valence-electron chi connectivity index (χ0n) is 12.4. The fraction of sp³-hybridized carbons (Fsp3) is 0.786. The van der Waals surface area contributed by atoms with Gasteiger partial charge in [0.1, 0.15) is 0 Å². The summed E-state index contributed by atoms with van der Waals surface area (Å²) in [7, 11) is 1.68. The van der Waals surface area contributed by atoms with E-state index in [1.54, 1.807) is 7.11 Å². The zero-order valence-corrected chi connectivity index (χ0v) is 12.4. The Hall–Kier alpha value is -0.910. The number of nitrogens with zero attached hydrogens (tertiary/aromatic N) is 2. The minimum Gasteiger partial charge on any atom is -0.382 e. The van der Waals surface area contributed by atoms with Crippen molar-refractivity contribution in [1.82, 2.24) is 15.1 Å². The highest BCUT2D eigenvalue weighted by Crippen LogP contribution is 2.05. The number of nitrogens with one attached hydrogen (secondary N) is 1. The molecule has 0 unspecified atom stereocenters. The molecule has 0 aliphatic carbocycles. The molecular formula is C14H27N3O2. The molecule has 5 heteroatoms. The Labute approximate surface area is 116 Å². The molecule has 1 rings (SSSR count). The van der Waals surface area contributed by atoms with E-state index >= 15 is 0 Å². The molecule has 110 valence electrons. The summed E-state index contributed by atoms with van der Waals surface area (Å²) in [6, 6.07) is 0. The molecule has 5 nitrogen and oxygen atoms in total. The van der Waals surface area contributed by atoms with Crippen molar-refractivity contribution in [1.29, 1.82) is 0 Å². The molecule has 1 aromatic heterocycles. The van der Waals surface area contributed by atoms with Gasteiger partial charge < -0.3 is 14.8 Å². The molecule has 19 heavy (non-hydrogen) atoms. The van der Waals surface area contributed by atoms with Gasteiger partial charge in [-0.15, -0.1) is 0 Å². The second-order valence-corrected chi connectivity index (χ2v) is 4.64. The molecule has 0 fully saturated rings. The van der Waals surface area contributed by atoms with E-state index in [0.29, 0.717) is 13.2 Å². The van der Waals surface area contributed by atoms with Crippen LogP contribution in [-0.2, 0) is 22.6 Å². The van der Waals surface area contributed by atoms with Gasteiger partial charge in [0, 0.05) is 38.6 Å². The van der Waals surface area contributed by atoms with Crippen LogP contribution in [-0.4, -0.2) is 43.3 Å².